The van der Waals surface area contributed by atoms with E-state index in [-0.39, 0.29) is 0 Å². The number of halogens is 1. The highest BCUT2D eigenvalue weighted by Crippen LogP contribution is 2.27. The number of hydrogen-bond donors (Lipinski definition) is 3. The van der Waals surface area contributed by atoms with Crippen LogP contribution in [0, 0.1) is 0 Å². The van der Waals surface area contributed by atoms with E-state index in [0.29, 0.717) is 11.7 Å². The van der Waals surface area contributed by atoms with Crippen molar-refractivity contribution in [3.8, 4) is 0 Å². The van der Waals surface area contributed by atoms with Gasteiger partial charge >= 0.3 is 0 Å². The van der Waals surface area contributed by atoms with E-state index in [9.17, 15) is 5.11 Å². The third-order valence-corrected chi connectivity index (χ3v) is 3.34. The van der Waals surface area contributed by atoms with E-state index in [4.69, 9.17) is 12.2 Å². The first-order valence-corrected chi connectivity index (χ1v) is 6.11. The summed E-state index contributed by atoms with van der Waals surface area (Å²) in [5.41, 5.74) is 6.30. The lowest BCUT2D eigenvalue weighted by Gasteiger charge is -2.31. The summed E-state index contributed by atoms with van der Waals surface area (Å²) in [7, 11) is 0. The first-order valence-electron chi connectivity index (χ1n) is 4.91. The molecule has 86 valence electrons. The molecule has 0 radical (unpaired) electrons. The highest BCUT2D eigenvalue weighted by Gasteiger charge is 2.42. The van der Waals surface area contributed by atoms with Gasteiger partial charge in [-0.15, -0.1) is 0 Å². The van der Waals surface area contributed by atoms with Gasteiger partial charge in [-0.3, -0.25) is 5.43 Å². The van der Waals surface area contributed by atoms with Crippen molar-refractivity contribution in [2.45, 2.75) is 12.8 Å². The Kier molecular flexibility index (Phi) is 3.16. The van der Waals surface area contributed by atoms with E-state index in [1.54, 1.807) is 4.90 Å². The van der Waals surface area contributed by atoms with Crippen LogP contribution < -0.4 is 10.9 Å². The highest BCUT2D eigenvalue weighted by molar-refractivity contribution is 9.10. The first-order chi connectivity index (χ1) is 7.58. The number of hydrazine groups is 1. The van der Waals surface area contributed by atoms with Gasteiger partial charge in [-0.05, 0) is 31.3 Å². The van der Waals surface area contributed by atoms with Crippen LogP contribution in [0.2, 0.25) is 0 Å². The Morgan fingerprint density at radius 3 is 2.94 bits per heavy atom. The molecule has 6 heteroatoms. The van der Waals surface area contributed by atoms with Crippen molar-refractivity contribution in [1.29, 1.82) is 0 Å². The summed E-state index contributed by atoms with van der Waals surface area (Å²) in [6, 6.07) is 7.47. The second kappa shape index (κ2) is 4.29. The van der Waals surface area contributed by atoms with Gasteiger partial charge < -0.3 is 10.0 Å². The summed E-state index contributed by atoms with van der Waals surface area (Å²) in [5.74, 6) is -1.28. The standard InChI is InChI=1S/C10H12BrN3OS/c1-2-14-9(16)12-13-10(14,15)7-4-3-5-8(11)6-7/h3-6,13,15H,2H2,1H3,(H,12,16)/t10-/m0/s1. The first kappa shape index (κ1) is 11.8. The van der Waals surface area contributed by atoms with Crippen molar-refractivity contribution in [3.63, 3.8) is 0 Å². The molecular formula is C10H12BrN3OS. The van der Waals surface area contributed by atoms with E-state index < -0.39 is 5.85 Å². The lowest BCUT2D eigenvalue weighted by molar-refractivity contribution is -0.0867. The maximum atomic E-state index is 10.6. The Morgan fingerprint density at radius 2 is 2.31 bits per heavy atom. The average molecular weight is 302 g/mol. The number of rotatable bonds is 2. The lowest BCUT2D eigenvalue weighted by Crippen LogP contribution is -2.49. The van der Waals surface area contributed by atoms with Crippen LogP contribution in [0.5, 0.6) is 0 Å². The van der Waals surface area contributed by atoms with E-state index in [2.05, 4.69) is 26.8 Å². The van der Waals surface area contributed by atoms with Gasteiger partial charge in [-0.25, -0.2) is 0 Å². The molecule has 2 rings (SSSR count). The molecular weight excluding hydrogens is 290 g/mol. The highest BCUT2D eigenvalue weighted by atomic mass is 79.9. The van der Waals surface area contributed by atoms with Crippen molar-refractivity contribution < 1.29 is 5.11 Å². The zero-order valence-corrected chi connectivity index (χ0v) is 11.1. The fourth-order valence-electron chi connectivity index (χ4n) is 1.73. The molecule has 0 bridgehead atoms. The lowest BCUT2D eigenvalue weighted by atomic mass is 10.1. The Labute approximate surface area is 108 Å². The Hall–Kier alpha value is -0.690. The molecule has 0 spiro atoms. The molecule has 16 heavy (non-hydrogen) atoms. The van der Waals surface area contributed by atoms with Gasteiger partial charge in [0.25, 0.3) is 0 Å². The predicted molar refractivity (Wildman–Crippen MR) is 69.3 cm³/mol. The van der Waals surface area contributed by atoms with Crippen LogP contribution in [0.15, 0.2) is 28.7 Å². The van der Waals surface area contributed by atoms with Gasteiger partial charge in [-0.1, -0.05) is 28.1 Å². The molecule has 1 atom stereocenters. The van der Waals surface area contributed by atoms with Crippen molar-refractivity contribution in [2.24, 2.45) is 0 Å². The summed E-state index contributed by atoms with van der Waals surface area (Å²) in [4.78, 5) is 1.68. The molecule has 0 aromatic heterocycles. The van der Waals surface area contributed by atoms with Gasteiger partial charge in [0.1, 0.15) is 0 Å². The molecule has 1 aromatic rings. The molecule has 1 saturated heterocycles. The molecule has 1 heterocycles. The van der Waals surface area contributed by atoms with Crippen LogP contribution in [-0.2, 0) is 5.85 Å². The summed E-state index contributed by atoms with van der Waals surface area (Å²) < 4.78 is 0.911. The number of hydrogen-bond acceptors (Lipinski definition) is 3. The molecule has 1 aliphatic rings. The van der Waals surface area contributed by atoms with Crippen LogP contribution in [-0.4, -0.2) is 21.7 Å². The van der Waals surface area contributed by atoms with Gasteiger partial charge in [0, 0.05) is 16.6 Å². The van der Waals surface area contributed by atoms with Crippen LogP contribution in [0.1, 0.15) is 12.5 Å². The van der Waals surface area contributed by atoms with Crippen LogP contribution in [0.4, 0.5) is 0 Å². The second-order valence-electron chi connectivity index (χ2n) is 3.48. The molecule has 0 unspecified atom stereocenters. The molecule has 0 aliphatic carbocycles. The monoisotopic (exact) mass is 301 g/mol. The Bertz CT molecular complexity index is 428. The van der Waals surface area contributed by atoms with E-state index >= 15 is 0 Å². The number of aliphatic hydroxyl groups is 1. The van der Waals surface area contributed by atoms with Crippen molar-refractivity contribution in [3.05, 3.63) is 34.3 Å². The molecule has 1 aromatic carbocycles. The minimum atomic E-state index is -1.28. The summed E-state index contributed by atoms with van der Waals surface area (Å²) in [5, 5.41) is 11.1. The van der Waals surface area contributed by atoms with E-state index in [1.807, 2.05) is 31.2 Å². The maximum absolute atomic E-state index is 10.6. The number of nitrogens with one attached hydrogen (secondary N) is 2. The third kappa shape index (κ3) is 1.82. The van der Waals surface area contributed by atoms with Crippen LogP contribution in [0.25, 0.3) is 0 Å². The molecule has 0 amide bonds. The second-order valence-corrected chi connectivity index (χ2v) is 4.78. The van der Waals surface area contributed by atoms with Gasteiger partial charge in [0.2, 0.25) is 5.85 Å². The number of benzene rings is 1. The van der Waals surface area contributed by atoms with Crippen molar-refractivity contribution in [2.75, 3.05) is 6.54 Å². The normalized spacial score (nSPS) is 24.7. The SMILES string of the molecule is CCN1C(=S)NN[C@@]1(O)c1cccc(Br)c1. The quantitative estimate of drug-likeness (QED) is 0.718. The molecule has 3 N–H and O–H groups in total. The maximum Gasteiger partial charge on any atom is 0.241 e. The summed E-state index contributed by atoms with van der Waals surface area (Å²) >= 11 is 8.48. The number of thiocarbonyl (C=S) groups is 1. The largest absolute Gasteiger partial charge is 0.353 e. The third-order valence-electron chi connectivity index (χ3n) is 2.52. The summed E-state index contributed by atoms with van der Waals surface area (Å²) in [6.07, 6.45) is 0. The van der Waals surface area contributed by atoms with E-state index in [1.165, 1.54) is 0 Å². The zero-order chi connectivity index (χ0) is 11.8. The zero-order valence-electron chi connectivity index (χ0n) is 8.70. The average Bonchev–Trinajstić information content (AvgIpc) is 2.56. The Balaban J connectivity index is 2.42. The van der Waals surface area contributed by atoms with Crippen molar-refractivity contribution in [1.82, 2.24) is 15.8 Å². The van der Waals surface area contributed by atoms with E-state index in [0.717, 1.165) is 10.0 Å². The summed E-state index contributed by atoms with van der Waals surface area (Å²) in [6.45, 7) is 2.55. The fourth-order valence-corrected chi connectivity index (χ4v) is 2.44. The van der Waals surface area contributed by atoms with Crippen LogP contribution >= 0.6 is 28.1 Å². The molecule has 1 fully saturated rings. The minimum Gasteiger partial charge on any atom is -0.353 e. The van der Waals surface area contributed by atoms with Gasteiger partial charge in [0.05, 0.1) is 0 Å². The van der Waals surface area contributed by atoms with Gasteiger partial charge in [0.15, 0.2) is 5.11 Å². The fraction of sp³-hybridized carbons (Fsp3) is 0.300. The molecule has 4 nitrogen and oxygen atoms in total. The Morgan fingerprint density at radius 1 is 1.56 bits per heavy atom. The van der Waals surface area contributed by atoms with Gasteiger partial charge in [-0.2, -0.15) is 5.43 Å². The molecule has 0 saturated carbocycles. The topological polar surface area (TPSA) is 47.5 Å². The van der Waals surface area contributed by atoms with Crippen molar-refractivity contribution >= 4 is 33.3 Å². The number of nitrogens with zero attached hydrogens (tertiary/aromatic N) is 1. The molecule has 1 aliphatic heterocycles. The smallest absolute Gasteiger partial charge is 0.241 e. The minimum absolute atomic E-state index is 0.491. The van der Waals surface area contributed by atoms with Crippen LogP contribution in [0.3, 0.4) is 0 Å². The predicted octanol–water partition coefficient (Wildman–Crippen LogP) is 1.27.